The van der Waals surface area contributed by atoms with Gasteiger partial charge in [-0.1, -0.05) is 231 Å². The van der Waals surface area contributed by atoms with Crippen LogP contribution in [0, 0.1) is 0 Å². The van der Waals surface area contributed by atoms with E-state index in [9.17, 15) is 35.1 Å². The number of rotatable bonds is 51. The van der Waals surface area contributed by atoms with Gasteiger partial charge in [-0.15, -0.1) is 0 Å². The molecule has 0 aliphatic carbocycles. The number of aliphatic hydroxyl groups is 5. The average molecular weight is 995 g/mol. The summed E-state index contributed by atoms with van der Waals surface area (Å²) in [5, 5.41) is 54.2. The van der Waals surface area contributed by atoms with Gasteiger partial charge in [0.25, 0.3) is 0 Å². The fraction of sp³-hybridized carbons (Fsp3) is 0.898. The van der Waals surface area contributed by atoms with E-state index >= 15 is 0 Å². The van der Waals surface area contributed by atoms with Gasteiger partial charge in [0, 0.05) is 12.8 Å². The lowest BCUT2D eigenvalue weighted by atomic mass is 9.99. The third-order valence-electron chi connectivity index (χ3n) is 14.1. The topological polar surface area (TPSA) is 175 Å². The molecule has 0 aromatic heterocycles. The number of nitrogens with one attached hydrogen (secondary N) is 1. The molecule has 412 valence electrons. The smallest absolute Gasteiger partial charge is 0.305 e. The lowest BCUT2D eigenvalue weighted by Gasteiger charge is -2.40. The van der Waals surface area contributed by atoms with Crippen molar-refractivity contribution in [2.24, 2.45) is 0 Å². The number of aliphatic hydroxyl groups excluding tert-OH is 5. The number of carbonyl (C=O) groups excluding carboxylic acids is 2. The molecular weight excluding hydrogens is 883 g/mol. The fourth-order valence-corrected chi connectivity index (χ4v) is 9.31. The van der Waals surface area contributed by atoms with Crippen LogP contribution in [0.3, 0.4) is 0 Å². The van der Waals surface area contributed by atoms with Crippen LogP contribution >= 0.6 is 0 Å². The molecule has 1 aliphatic rings. The second kappa shape index (κ2) is 49.4. The van der Waals surface area contributed by atoms with Gasteiger partial charge in [-0.2, -0.15) is 0 Å². The molecule has 7 unspecified atom stereocenters. The second-order valence-electron chi connectivity index (χ2n) is 20.7. The molecule has 1 saturated heterocycles. The standard InChI is InChI=1S/C59H111NO10/c1-3-5-7-9-11-13-14-23-27-31-35-39-43-47-55(64)68-48-44-40-36-32-28-25-22-20-18-16-15-17-19-21-24-26-30-34-38-42-46-54(63)60-51(52(62)45-41-37-33-29-12-10-8-6-4-2)50-69-59-58(67)57(66)56(65)53(49-61)70-59/h13-14,41,45,51-53,56-59,61-62,65-67H,3-12,15-40,42-44,46-50H2,1-2H3,(H,60,63)/b14-13-,45-41+. The van der Waals surface area contributed by atoms with E-state index in [1.165, 1.54) is 186 Å². The lowest BCUT2D eigenvalue weighted by molar-refractivity contribution is -0.302. The molecule has 1 amide bonds. The Labute approximate surface area is 429 Å². The fourth-order valence-electron chi connectivity index (χ4n) is 9.31. The molecule has 0 spiro atoms. The van der Waals surface area contributed by atoms with Crippen molar-refractivity contribution in [2.45, 2.75) is 320 Å². The first-order chi connectivity index (χ1) is 34.2. The predicted octanol–water partition coefficient (Wildman–Crippen LogP) is 13.3. The van der Waals surface area contributed by atoms with E-state index in [4.69, 9.17) is 14.2 Å². The highest BCUT2D eigenvalue weighted by Crippen LogP contribution is 2.23. The lowest BCUT2D eigenvalue weighted by Crippen LogP contribution is -2.60. The van der Waals surface area contributed by atoms with Gasteiger partial charge in [-0.3, -0.25) is 9.59 Å². The van der Waals surface area contributed by atoms with E-state index < -0.39 is 49.5 Å². The van der Waals surface area contributed by atoms with E-state index in [0.29, 0.717) is 19.4 Å². The first-order valence-electron chi connectivity index (χ1n) is 29.6. The van der Waals surface area contributed by atoms with Crippen LogP contribution in [0.25, 0.3) is 0 Å². The van der Waals surface area contributed by atoms with E-state index in [1.807, 2.05) is 6.08 Å². The quantitative estimate of drug-likeness (QED) is 0.0195. The normalized spacial score (nSPS) is 19.3. The molecule has 70 heavy (non-hydrogen) atoms. The summed E-state index contributed by atoms with van der Waals surface area (Å²) in [4.78, 5) is 25.0. The molecule has 1 aliphatic heterocycles. The number of hydrogen-bond acceptors (Lipinski definition) is 10. The Morgan fingerprint density at radius 3 is 1.39 bits per heavy atom. The average Bonchev–Trinajstić information content (AvgIpc) is 3.36. The van der Waals surface area contributed by atoms with Gasteiger partial charge in [0.1, 0.15) is 24.4 Å². The third kappa shape index (κ3) is 38.7. The number of esters is 1. The molecule has 0 radical (unpaired) electrons. The largest absolute Gasteiger partial charge is 0.466 e. The molecule has 0 bridgehead atoms. The van der Waals surface area contributed by atoms with Crippen molar-refractivity contribution in [3.8, 4) is 0 Å². The Morgan fingerprint density at radius 2 is 0.914 bits per heavy atom. The number of carbonyl (C=O) groups is 2. The van der Waals surface area contributed by atoms with Gasteiger partial charge in [-0.05, 0) is 57.8 Å². The molecule has 0 aromatic carbocycles. The maximum Gasteiger partial charge on any atom is 0.305 e. The summed E-state index contributed by atoms with van der Waals surface area (Å²) in [6.45, 7) is 4.29. The minimum atomic E-state index is -1.57. The SMILES string of the molecule is CCCCCC/C=C\CCCCCCCC(=O)OCCCCCCCCCCCCCCCCCCCCCCC(=O)NC(COC1OC(CO)C(O)C(O)C1O)C(O)/C=C/CCCCCCCCC. The maximum atomic E-state index is 13.0. The number of hydrogen-bond donors (Lipinski definition) is 6. The second-order valence-corrected chi connectivity index (χ2v) is 20.7. The highest BCUT2D eigenvalue weighted by atomic mass is 16.7. The van der Waals surface area contributed by atoms with Crippen molar-refractivity contribution in [3.63, 3.8) is 0 Å². The van der Waals surface area contributed by atoms with E-state index in [1.54, 1.807) is 6.08 Å². The Hall–Kier alpha value is -1.86. The van der Waals surface area contributed by atoms with Crippen LogP contribution in [0.5, 0.6) is 0 Å². The highest BCUT2D eigenvalue weighted by molar-refractivity contribution is 5.76. The Bertz CT molecular complexity index is 1220. The Morgan fingerprint density at radius 1 is 0.514 bits per heavy atom. The zero-order valence-corrected chi connectivity index (χ0v) is 45.2. The summed E-state index contributed by atoms with van der Waals surface area (Å²) in [5.41, 5.74) is 0. The van der Waals surface area contributed by atoms with Gasteiger partial charge in [-0.25, -0.2) is 0 Å². The van der Waals surface area contributed by atoms with Gasteiger partial charge in [0.2, 0.25) is 5.91 Å². The molecule has 1 fully saturated rings. The van der Waals surface area contributed by atoms with Crippen LogP contribution < -0.4 is 5.32 Å². The summed E-state index contributed by atoms with van der Waals surface area (Å²) in [6, 6.07) is -0.809. The zero-order chi connectivity index (χ0) is 51.0. The minimum absolute atomic E-state index is 0.0127. The molecular formula is C59H111NO10. The van der Waals surface area contributed by atoms with Crippen LogP contribution in [0.2, 0.25) is 0 Å². The Kier molecular flexibility index (Phi) is 46.6. The first kappa shape index (κ1) is 66.2. The predicted molar refractivity (Wildman–Crippen MR) is 288 cm³/mol. The van der Waals surface area contributed by atoms with Crippen LogP contribution in [0.15, 0.2) is 24.3 Å². The van der Waals surface area contributed by atoms with Crippen LogP contribution in [-0.2, 0) is 23.8 Å². The summed E-state index contributed by atoms with van der Waals surface area (Å²) in [6.07, 6.45) is 48.5. The first-order valence-corrected chi connectivity index (χ1v) is 29.6. The van der Waals surface area contributed by atoms with E-state index in [-0.39, 0.29) is 18.5 Å². The van der Waals surface area contributed by atoms with E-state index in [2.05, 4.69) is 31.3 Å². The van der Waals surface area contributed by atoms with E-state index in [0.717, 1.165) is 64.2 Å². The molecule has 11 nitrogen and oxygen atoms in total. The van der Waals surface area contributed by atoms with Gasteiger partial charge in [0.05, 0.1) is 32.0 Å². The summed E-state index contributed by atoms with van der Waals surface area (Å²) >= 11 is 0. The number of unbranched alkanes of at least 4 members (excludes halogenated alkanes) is 35. The van der Waals surface area contributed by atoms with Crippen molar-refractivity contribution >= 4 is 11.9 Å². The molecule has 0 aromatic rings. The maximum absolute atomic E-state index is 13.0. The summed E-state index contributed by atoms with van der Waals surface area (Å²) in [5.74, 6) is -0.198. The summed E-state index contributed by atoms with van der Waals surface area (Å²) in [7, 11) is 0. The minimum Gasteiger partial charge on any atom is -0.466 e. The van der Waals surface area contributed by atoms with Crippen molar-refractivity contribution in [3.05, 3.63) is 24.3 Å². The highest BCUT2D eigenvalue weighted by Gasteiger charge is 2.44. The molecule has 11 heteroatoms. The number of ether oxygens (including phenoxy) is 3. The monoisotopic (exact) mass is 994 g/mol. The van der Waals surface area contributed by atoms with Crippen LogP contribution in [0.1, 0.15) is 277 Å². The van der Waals surface area contributed by atoms with Gasteiger partial charge in [0.15, 0.2) is 6.29 Å². The van der Waals surface area contributed by atoms with Gasteiger partial charge < -0.3 is 45.1 Å². The number of allylic oxidation sites excluding steroid dienone is 3. The Balaban J connectivity index is 2.01. The molecule has 7 atom stereocenters. The summed E-state index contributed by atoms with van der Waals surface area (Å²) < 4.78 is 16.7. The molecule has 6 N–H and O–H groups in total. The van der Waals surface area contributed by atoms with Crippen LogP contribution in [-0.4, -0.2) is 100 Å². The van der Waals surface area contributed by atoms with Gasteiger partial charge >= 0.3 is 5.97 Å². The van der Waals surface area contributed by atoms with Crippen molar-refractivity contribution < 1.29 is 49.3 Å². The molecule has 1 heterocycles. The number of amides is 1. The molecule has 1 rings (SSSR count). The molecule has 0 saturated carbocycles. The van der Waals surface area contributed by atoms with Crippen LogP contribution in [0.4, 0.5) is 0 Å². The zero-order valence-electron chi connectivity index (χ0n) is 45.2. The third-order valence-corrected chi connectivity index (χ3v) is 14.1. The van der Waals surface area contributed by atoms with Crippen molar-refractivity contribution in [2.75, 3.05) is 19.8 Å². The van der Waals surface area contributed by atoms with Crippen molar-refractivity contribution in [1.82, 2.24) is 5.32 Å². The van der Waals surface area contributed by atoms with Crippen molar-refractivity contribution in [1.29, 1.82) is 0 Å².